The monoisotopic (exact) mass is 193 g/mol. The van der Waals surface area contributed by atoms with Crippen LogP contribution < -0.4 is 5.32 Å². The van der Waals surface area contributed by atoms with Gasteiger partial charge in [0.15, 0.2) is 0 Å². The molecule has 0 bridgehead atoms. The molecule has 0 fully saturated rings. The first-order chi connectivity index (χ1) is 5.70. The summed E-state index contributed by atoms with van der Waals surface area (Å²) in [7, 11) is 1.27. The van der Waals surface area contributed by atoms with E-state index in [-0.39, 0.29) is 12.5 Å². The molecule has 0 aliphatic rings. The van der Waals surface area contributed by atoms with Gasteiger partial charge >= 0.3 is 5.97 Å². The van der Waals surface area contributed by atoms with Crippen LogP contribution in [-0.2, 0) is 14.3 Å². The smallest absolute Gasteiger partial charge is 0.325 e. The molecule has 0 aliphatic heterocycles. The summed E-state index contributed by atoms with van der Waals surface area (Å²) in [6.07, 6.45) is 0.967. The number of alkyl halides is 1. The van der Waals surface area contributed by atoms with Crippen molar-refractivity contribution in [3.8, 4) is 0 Å². The van der Waals surface area contributed by atoms with Gasteiger partial charge in [-0.15, -0.1) is 11.6 Å². The number of ether oxygens (including phenoxy) is 1. The first-order valence-electron chi connectivity index (χ1n) is 3.60. The van der Waals surface area contributed by atoms with Gasteiger partial charge in [0.05, 0.1) is 7.11 Å². The van der Waals surface area contributed by atoms with Gasteiger partial charge in [-0.2, -0.15) is 0 Å². The molecule has 70 valence electrons. The zero-order chi connectivity index (χ0) is 9.40. The lowest BCUT2D eigenvalue weighted by molar-refractivity contribution is -0.141. The van der Waals surface area contributed by atoms with Gasteiger partial charge < -0.3 is 10.1 Å². The molecule has 0 heterocycles. The van der Waals surface area contributed by atoms with Crippen molar-refractivity contribution < 1.29 is 14.3 Å². The standard InChI is InChI=1S/C7H12ClNO3/c1-12-7(11)5-9-6(10)3-2-4-8/h2-5H2,1H3,(H,9,10). The fourth-order valence-corrected chi connectivity index (χ4v) is 0.692. The van der Waals surface area contributed by atoms with Gasteiger partial charge in [0.1, 0.15) is 6.54 Å². The summed E-state index contributed by atoms with van der Waals surface area (Å²) in [5.41, 5.74) is 0. The van der Waals surface area contributed by atoms with Crippen molar-refractivity contribution in [2.24, 2.45) is 0 Å². The summed E-state index contributed by atoms with van der Waals surface area (Å²) in [4.78, 5) is 21.4. The van der Waals surface area contributed by atoms with E-state index in [1.165, 1.54) is 7.11 Å². The highest BCUT2D eigenvalue weighted by atomic mass is 35.5. The second-order valence-electron chi connectivity index (χ2n) is 2.15. The second kappa shape index (κ2) is 6.91. The molecule has 0 aliphatic carbocycles. The van der Waals surface area contributed by atoms with E-state index in [1.54, 1.807) is 0 Å². The van der Waals surface area contributed by atoms with Crippen LogP contribution in [0.25, 0.3) is 0 Å². The van der Waals surface area contributed by atoms with E-state index in [2.05, 4.69) is 10.1 Å². The van der Waals surface area contributed by atoms with Gasteiger partial charge in [0, 0.05) is 12.3 Å². The van der Waals surface area contributed by atoms with Crippen LogP contribution >= 0.6 is 11.6 Å². The Hall–Kier alpha value is -0.770. The quantitative estimate of drug-likeness (QED) is 0.505. The Morgan fingerprint density at radius 2 is 2.17 bits per heavy atom. The van der Waals surface area contributed by atoms with Crippen LogP contribution in [-0.4, -0.2) is 31.4 Å². The molecular formula is C7H12ClNO3. The van der Waals surface area contributed by atoms with E-state index in [0.29, 0.717) is 18.7 Å². The number of carbonyl (C=O) groups excluding carboxylic acids is 2. The van der Waals surface area contributed by atoms with E-state index < -0.39 is 5.97 Å². The van der Waals surface area contributed by atoms with Crippen LogP contribution in [0.3, 0.4) is 0 Å². The van der Waals surface area contributed by atoms with E-state index in [1.807, 2.05) is 0 Å². The largest absolute Gasteiger partial charge is 0.468 e. The molecule has 5 heteroatoms. The number of hydrogen-bond donors (Lipinski definition) is 1. The number of carbonyl (C=O) groups is 2. The Labute approximate surface area is 76.2 Å². The minimum absolute atomic E-state index is 0.0718. The van der Waals surface area contributed by atoms with Gasteiger partial charge in [0.2, 0.25) is 5.91 Å². The number of esters is 1. The summed E-state index contributed by atoms with van der Waals surface area (Å²) < 4.78 is 4.33. The number of nitrogens with one attached hydrogen (secondary N) is 1. The molecule has 0 radical (unpaired) electrons. The Balaban J connectivity index is 3.37. The predicted molar refractivity (Wildman–Crippen MR) is 45.0 cm³/mol. The fourth-order valence-electron chi connectivity index (χ4n) is 0.559. The van der Waals surface area contributed by atoms with Crippen LogP contribution in [0.2, 0.25) is 0 Å². The Morgan fingerprint density at radius 1 is 1.50 bits per heavy atom. The van der Waals surface area contributed by atoms with Gasteiger partial charge in [-0.05, 0) is 6.42 Å². The molecule has 0 spiro atoms. The van der Waals surface area contributed by atoms with Crippen LogP contribution in [0.15, 0.2) is 0 Å². The van der Waals surface area contributed by atoms with Gasteiger partial charge in [-0.3, -0.25) is 9.59 Å². The first kappa shape index (κ1) is 11.2. The molecule has 1 amide bonds. The third kappa shape index (κ3) is 5.97. The molecule has 0 atom stereocenters. The maximum atomic E-state index is 10.8. The van der Waals surface area contributed by atoms with Gasteiger partial charge in [0.25, 0.3) is 0 Å². The topological polar surface area (TPSA) is 55.4 Å². The molecule has 0 saturated heterocycles. The van der Waals surface area contributed by atoms with Gasteiger partial charge in [-0.1, -0.05) is 0 Å². The Morgan fingerprint density at radius 3 is 2.67 bits per heavy atom. The Kier molecular flexibility index (Phi) is 6.47. The number of amides is 1. The van der Waals surface area contributed by atoms with Crippen molar-refractivity contribution in [3.63, 3.8) is 0 Å². The second-order valence-corrected chi connectivity index (χ2v) is 2.52. The van der Waals surface area contributed by atoms with E-state index in [0.717, 1.165) is 0 Å². The Bertz CT molecular complexity index is 161. The number of rotatable bonds is 5. The zero-order valence-electron chi connectivity index (χ0n) is 6.93. The molecule has 0 aromatic carbocycles. The third-order valence-corrected chi connectivity index (χ3v) is 1.46. The maximum Gasteiger partial charge on any atom is 0.325 e. The number of methoxy groups -OCH3 is 1. The lowest BCUT2D eigenvalue weighted by atomic mass is 10.3. The average Bonchev–Trinajstić information content (AvgIpc) is 2.10. The average molecular weight is 194 g/mol. The van der Waals surface area contributed by atoms with Crippen molar-refractivity contribution in [1.82, 2.24) is 5.32 Å². The predicted octanol–water partition coefficient (Wildman–Crippen LogP) is 0.295. The molecule has 0 aromatic heterocycles. The molecular weight excluding hydrogens is 182 g/mol. The SMILES string of the molecule is COC(=O)CNC(=O)CCCCl. The highest BCUT2D eigenvalue weighted by Gasteiger charge is 2.03. The third-order valence-electron chi connectivity index (χ3n) is 1.20. The molecule has 1 N–H and O–H groups in total. The zero-order valence-corrected chi connectivity index (χ0v) is 7.69. The van der Waals surface area contributed by atoms with E-state index in [4.69, 9.17) is 11.6 Å². The summed E-state index contributed by atoms with van der Waals surface area (Å²) in [5.74, 6) is -0.179. The van der Waals surface area contributed by atoms with Gasteiger partial charge in [-0.25, -0.2) is 0 Å². The summed E-state index contributed by atoms with van der Waals surface area (Å²) >= 11 is 5.36. The highest BCUT2D eigenvalue weighted by Crippen LogP contribution is 1.90. The van der Waals surface area contributed by atoms with E-state index in [9.17, 15) is 9.59 Å². The van der Waals surface area contributed by atoms with Crippen LogP contribution in [0, 0.1) is 0 Å². The first-order valence-corrected chi connectivity index (χ1v) is 4.13. The van der Waals surface area contributed by atoms with Crippen LogP contribution in [0.4, 0.5) is 0 Å². The molecule has 0 aromatic rings. The normalized spacial score (nSPS) is 9.17. The molecule has 4 nitrogen and oxygen atoms in total. The van der Waals surface area contributed by atoms with Crippen LogP contribution in [0.1, 0.15) is 12.8 Å². The number of halogens is 1. The van der Waals surface area contributed by atoms with Crippen LogP contribution in [0.5, 0.6) is 0 Å². The van der Waals surface area contributed by atoms with Crippen molar-refractivity contribution >= 4 is 23.5 Å². The lowest BCUT2D eigenvalue weighted by Crippen LogP contribution is -2.29. The summed E-state index contributed by atoms with van der Waals surface area (Å²) in [5, 5.41) is 2.40. The lowest BCUT2D eigenvalue weighted by Gasteiger charge is -2.01. The highest BCUT2D eigenvalue weighted by molar-refractivity contribution is 6.17. The maximum absolute atomic E-state index is 10.8. The minimum atomic E-state index is -0.450. The molecule has 0 saturated carbocycles. The number of hydrogen-bond acceptors (Lipinski definition) is 3. The summed E-state index contributed by atoms with van der Waals surface area (Å²) in [6, 6.07) is 0. The van der Waals surface area contributed by atoms with Crippen molar-refractivity contribution in [2.45, 2.75) is 12.8 Å². The fraction of sp³-hybridized carbons (Fsp3) is 0.714. The van der Waals surface area contributed by atoms with Crippen molar-refractivity contribution in [3.05, 3.63) is 0 Å². The molecule has 12 heavy (non-hydrogen) atoms. The molecule has 0 rings (SSSR count). The summed E-state index contributed by atoms with van der Waals surface area (Å²) in [6.45, 7) is -0.0718. The van der Waals surface area contributed by atoms with Crippen molar-refractivity contribution in [1.29, 1.82) is 0 Å². The molecule has 0 unspecified atom stereocenters. The van der Waals surface area contributed by atoms with Crippen molar-refractivity contribution in [2.75, 3.05) is 19.5 Å². The minimum Gasteiger partial charge on any atom is -0.468 e. The van der Waals surface area contributed by atoms with E-state index >= 15 is 0 Å².